The molecule has 1 aromatic heterocycles. The molecular weight excluding hydrogens is 378 g/mol. The molecule has 154 valence electrons. The largest absolute Gasteiger partial charge is 0.462 e. The summed E-state index contributed by atoms with van der Waals surface area (Å²) in [4.78, 5) is 27.1. The van der Waals surface area contributed by atoms with Crippen LogP contribution in [-0.2, 0) is 4.74 Å². The van der Waals surface area contributed by atoms with Crippen LogP contribution in [0.4, 0.5) is 5.69 Å². The number of para-hydroxylation sites is 1. The zero-order valence-electron chi connectivity index (χ0n) is 17.5. The third kappa shape index (κ3) is 3.49. The third-order valence-electron chi connectivity index (χ3n) is 5.65. The van der Waals surface area contributed by atoms with Crippen molar-refractivity contribution in [1.29, 1.82) is 0 Å². The molecule has 1 aliphatic rings. The van der Waals surface area contributed by atoms with Crippen molar-refractivity contribution in [2.24, 2.45) is 0 Å². The molecule has 0 spiro atoms. The number of aromatic nitrogens is 2. The molecular formula is C24H25N3O3. The Labute approximate surface area is 176 Å². The summed E-state index contributed by atoms with van der Waals surface area (Å²) < 4.78 is 6.75. The maximum atomic E-state index is 13.2. The maximum Gasteiger partial charge on any atom is 0.341 e. The van der Waals surface area contributed by atoms with Crippen LogP contribution in [0.5, 0.6) is 0 Å². The van der Waals surface area contributed by atoms with Crippen LogP contribution in [-0.4, -0.2) is 34.8 Å². The average Bonchev–Trinajstić information content (AvgIpc) is 3.15. The fourth-order valence-corrected chi connectivity index (χ4v) is 3.94. The first-order valence-electron chi connectivity index (χ1n) is 10.2. The molecule has 6 nitrogen and oxygen atoms in total. The number of esters is 1. The van der Waals surface area contributed by atoms with Crippen molar-refractivity contribution in [2.75, 3.05) is 18.1 Å². The van der Waals surface area contributed by atoms with Gasteiger partial charge in [-0.3, -0.25) is 4.79 Å². The number of fused-ring (bicyclic) bond motifs is 1. The summed E-state index contributed by atoms with van der Waals surface area (Å²) in [6.45, 7) is 6.82. The van der Waals surface area contributed by atoms with E-state index in [1.54, 1.807) is 11.6 Å². The number of nitrogens with zero attached hydrogens (tertiary/aromatic N) is 3. The van der Waals surface area contributed by atoms with Crippen LogP contribution in [0.2, 0.25) is 0 Å². The summed E-state index contributed by atoms with van der Waals surface area (Å²) in [5, 5.41) is 4.31. The van der Waals surface area contributed by atoms with Gasteiger partial charge in [0.2, 0.25) is 0 Å². The molecule has 6 heteroatoms. The van der Waals surface area contributed by atoms with E-state index in [2.05, 4.69) is 18.1 Å². The number of hydrogen-bond acceptors (Lipinski definition) is 4. The van der Waals surface area contributed by atoms with E-state index < -0.39 is 0 Å². The van der Waals surface area contributed by atoms with E-state index in [0.717, 1.165) is 17.8 Å². The smallest absolute Gasteiger partial charge is 0.341 e. The Balaban J connectivity index is 1.59. The van der Waals surface area contributed by atoms with Gasteiger partial charge in [-0.15, -0.1) is 0 Å². The van der Waals surface area contributed by atoms with Crippen molar-refractivity contribution in [1.82, 2.24) is 9.78 Å². The highest BCUT2D eigenvalue weighted by molar-refractivity contribution is 6.07. The minimum absolute atomic E-state index is 0.00898. The van der Waals surface area contributed by atoms with E-state index in [4.69, 9.17) is 4.74 Å². The van der Waals surface area contributed by atoms with Crippen LogP contribution in [0.3, 0.4) is 0 Å². The molecule has 0 bridgehead atoms. The maximum absolute atomic E-state index is 13.2. The van der Waals surface area contributed by atoms with Gasteiger partial charge in [0.05, 0.1) is 24.2 Å². The number of carbonyl (C=O) groups excluding carboxylic acids is 2. The van der Waals surface area contributed by atoms with E-state index >= 15 is 0 Å². The molecule has 2 heterocycles. The molecule has 0 radical (unpaired) electrons. The van der Waals surface area contributed by atoms with Gasteiger partial charge in [0.15, 0.2) is 0 Å². The quantitative estimate of drug-likeness (QED) is 0.601. The zero-order valence-corrected chi connectivity index (χ0v) is 17.5. The number of amides is 1. The Hall–Kier alpha value is -3.41. The van der Waals surface area contributed by atoms with E-state index in [0.29, 0.717) is 35.9 Å². The molecule has 30 heavy (non-hydrogen) atoms. The molecule has 1 unspecified atom stereocenters. The molecule has 0 fully saturated rings. The molecule has 4 rings (SSSR count). The van der Waals surface area contributed by atoms with Gasteiger partial charge in [-0.05, 0) is 62.1 Å². The topological polar surface area (TPSA) is 64.4 Å². The van der Waals surface area contributed by atoms with Gasteiger partial charge in [0.25, 0.3) is 5.91 Å². The molecule has 1 amide bonds. The number of carbonyl (C=O) groups is 2. The molecule has 3 aromatic rings. The Kier molecular flexibility index (Phi) is 5.40. The molecule has 0 N–H and O–H groups in total. The lowest BCUT2D eigenvalue weighted by molar-refractivity contribution is 0.0525. The summed E-state index contributed by atoms with van der Waals surface area (Å²) in [5.41, 5.74) is 4.76. The highest BCUT2D eigenvalue weighted by Gasteiger charge is 2.27. The second kappa shape index (κ2) is 8.14. The van der Waals surface area contributed by atoms with Crippen LogP contribution >= 0.6 is 0 Å². The fraction of sp³-hybridized carbons (Fsp3) is 0.292. The number of benzene rings is 2. The Morgan fingerprint density at radius 1 is 1.13 bits per heavy atom. The van der Waals surface area contributed by atoms with Crippen molar-refractivity contribution in [3.8, 4) is 5.69 Å². The average molecular weight is 403 g/mol. The molecule has 2 aromatic carbocycles. The predicted octanol–water partition coefficient (Wildman–Crippen LogP) is 4.51. The van der Waals surface area contributed by atoms with E-state index in [1.165, 1.54) is 11.8 Å². The Morgan fingerprint density at radius 2 is 1.87 bits per heavy atom. The number of rotatable bonds is 4. The third-order valence-corrected chi connectivity index (χ3v) is 5.65. The van der Waals surface area contributed by atoms with Gasteiger partial charge in [0.1, 0.15) is 5.56 Å². The number of hydrogen-bond donors (Lipinski definition) is 0. The monoisotopic (exact) mass is 403 g/mol. The second-order valence-corrected chi connectivity index (χ2v) is 7.53. The van der Waals surface area contributed by atoms with Gasteiger partial charge >= 0.3 is 5.97 Å². The molecule has 1 atom stereocenters. The number of ether oxygens (including phenoxy) is 1. The molecule has 0 saturated carbocycles. The minimum Gasteiger partial charge on any atom is -0.462 e. The van der Waals surface area contributed by atoms with E-state index in [1.807, 2.05) is 54.3 Å². The van der Waals surface area contributed by atoms with Crippen LogP contribution in [0.1, 0.15) is 58.2 Å². The van der Waals surface area contributed by atoms with Crippen molar-refractivity contribution in [3.63, 3.8) is 0 Å². The highest BCUT2D eigenvalue weighted by atomic mass is 16.5. The minimum atomic E-state index is -0.383. The van der Waals surface area contributed by atoms with Crippen molar-refractivity contribution in [2.45, 2.75) is 33.1 Å². The normalized spacial score (nSPS) is 15.6. The SMILES string of the molecule is CCOC(=O)c1cnn(-c2ccc(C(=O)N3CCC(C)c4ccccc43)cc2)c1C. The van der Waals surface area contributed by atoms with Gasteiger partial charge < -0.3 is 9.64 Å². The van der Waals surface area contributed by atoms with Crippen LogP contribution in [0.15, 0.2) is 54.7 Å². The van der Waals surface area contributed by atoms with E-state index in [9.17, 15) is 9.59 Å². The lowest BCUT2D eigenvalue weighted by Crippen LogP contribution is -2.36. The van der Waals surface area contributed by atoms with Crippen LogP contribution in [0, 0.1) is 6.92 Å². The standard InChI is InChI=1S/C24H25N3O3/c1-4-30-24(29)21-15-25-27(17(21)3)19-11-9-18(10-12-19)23(28)26-14-13-16(2)20-7-5-6-8-22(20)26/h5-12,15-16H,4,13-14H2,1-3H3. The lowest BCUT2D eigenvalue weighted by atomic mass is 9.91. The van der Waals surface area contributed by atoms with Crippen molar-refractivity contribution in [3.05, 3.63) is 77.1 Å². The van der Waals surface area contributed by atoms with Gasteiger partial charge in [-0.25, -0.2) is 9.48 Å². The summed E-state index contributed by atoms with van der Waals surface area (Å²) in [6, 6.07) is 15.4. The Bertz CT molecular complexity index is 1090. The lowest BCUT2D eigenvalue weighted by Gasteiger charge is -2.33. The highest BCUT2D eigenvalue weighted by Crippen LogP contribution is 2.35. The number of anilines is 1. The zero-order chi connectivity index (χ0) is 21.3. The first-order chi connectivity index (χ1) is 14.5. The summed E-state index contributed by atoms with van der Waals surface area (Å²) in [7, 11) is 0. The first kappa shape index (κ1) is 19.9. The van der Waals surface area contributed by atoms with E-state index in [-0.39, 0.29) is 11.9 Å². The van der Waals surface area contributed by atoms with Crippen LogP contribution < -0.4 is 4.90 Å². The Morgan fingerprint density at radius 3 is 2.60 bits per heavy atom. The predicted molar refractivity (Wildman–Crippen MR) is 115 cm³/mol. The molecule has 0 aliphatic carbocycles. The first-order valence-corrected chi connectivity index (χ1v) is 10.2. The van der Waals surface area contributed by atoms with Crippen molar-refractivity contribution >= 4 is 17.6 Å². The fourth-order valence-electron chi connectivity index (χ4n) is 3.94. The molecule has 1 aliphatic heterocycles. The van der Waals surface area contributed by atoms with Crippen molar-refractivity contribution < 1.29 is 14.3 Å². The van der Waals surface area contributed by atoms with Crippen LogP contribution in [0.25, 0.3) is 5.69 Å². The molecule has 0 saturated heterocycles. The van der Waals surface area contributed by atoms with Gasteiger partial charge in [-0.2, -0.15) is 5.10 Å². The van der Waals surface area contributed by atoms with Gasteiger partial charge in [0, 0.05) is 17.8 Å². The summed E-state index contributed by atoms with van der Waals surface area (Å²) >= 11 is 0. The van der Waals surface area contributed by atoms with Gasteiger partial charge in [-0.1, -0.05) is 25.1 Å². The summed E-state index contributed by atoms with van der Waals surface area (Å²) in [6.07, 6.45) is 2.46. The second-order valence-electron chi connectivity index (χ2n) is 7.53. The summed E-state index contributed by atoms with van der Waals surface area (Å²) in [5.74, 6) is 0.0559.